The molecule has 0 bridgehead atoms. The average Bonchev–Trinajstić information content (AvgIpc) is 3.07. The van der Waals surface area contributed by atoms with E-state index in [1.54, 1.807) is 0 Å². The Hall–Kier alpha value is -1.89. The second-order valence-electron chi connectivity index (χ2n) is 5.03. The van der Waals surface area contributed by atoms with Crippen molar-refractivity contribution in [3.63, 3.8) is 0 Å². The Kier molecular flexibility index (Phi) is 3.43. The number of nitrogens with zero attached hydrogens (tertiary/aromatic N) is 4. The van der Waals surface area contributed by atoms with Crippen LogP contribution < -0.4 is 10.9 Å². The van der Waals surface area contributed by atoms with Gasteiger partial charge in [-0.05, 0) is 25.7 Å². The van der Waals surface area contributed by atoms with Crippen LogP contribution in [0.4, 0.5) is 5.69 Å². The fraction of sp³-hybridized carbons (Fsp3) is 0.500. The summed E-state index contributed by atoms with van der Waals surface area (Å²) in [5, 5.41) is 14.0. The van der Waals surface area contributed by atoms with Gasteiger partial charge in [-0.3, -0.25) is 9.89 Å². The lowest BCUT2D eigenvalue weighted by molar-refractivity contribution is 0.534. The lowest BCUT2D eigenvalue weighted by atomic mass is 10.3. The predicted octanol–water partition coefficient (Wildman–Crippen LogP) is 1.60. The molecule has 20 heavy (non-hydrogen) atoms. The number of nitrogens with one attached hydrogen (secondary N) is 2. The van der Waals surface area contributed by atoms with Gasteiger partial charge in [0.2, 0.25) is 0 Å². The van der Waals surface area contributed by atoms with Gasteiger partial charge in [0.25, 0.3) is 5.56 Å². The molecule has 2 aromatic heterocycles. The average molecular weight is 295 g/mol. The van der Waals surface area contributed by atoms with Gasteiger partial charge in [-0.1, -0.05) is 11.6 Å². The Morgan fingerprint density at radius 3 is 3.05 bits per heavy atom. The van der Waals surface area contributed by atoms with Crippen LogP contribution in [0.1, 0.15) is 31.6 Å². The number of aromatic amines is 1. The summed E-state index contributed by atoms with van der Waals surface area (Å²) < 4.78 is 1.47. The molecule has 1 aliphatic carbocycles. The first-order valence-corrected chi connectivity index (χ1v) is 6.90. The zero-order chi connectivity index (χ0) is 14.1. The van der Waals surface area contributed by atoms with Gasteiger partial charge in [-0.15, -0.1) is 0 Å². The standard InChI is InChI=1S/C12H15ClN6O/c1-7(11-14-6-15-18-11)17-10-9(13)4-16-19(12(10)20)5-8-2-3-8/h4,6-8,17H,2-3,5H2,1H3,(H,14,15,18). The van der Waals surface area contributed by atoms with Crippen LogP contribution in [-0.2, 0) is 6.54 Å². The Morgan fingerprint density at radius 2 is 2.40 bits per heavy atom. The van der Waals surface area contributed by atoms with E-state index in [1.165, 1.54) is 17.2 Å². The summed E-state index contributed by atoms with van der Waals surface area (Å²) in [7, 11) is 0. The molecular weight excluding hydrogens is 280 g/mol. The van der Waals surface area contributed by atoms with E-state index in [0.717, 1.165) is 12.8 Å². The van der Waals surface area contributed by atoms with Crippen LogP contribution in [0, 0.1) is 5.92 Å². The lowest BCUT2D eigenvalue weighted by Crippen LogP contribution is -2.27. The predicted molar refractivity (Wildman–Crippen MR) is 74.7 cm³/mol. The van der Waals surface area contributed by atoms with Crippen molar-refractivity contribution in [3.8, 4) is 0 Å². The Labute approximate surface area is 120 Å². The topological polar surface area (TPSA) is 88.5 Å². The molecule has 7 nitrogen and oxygen atoms in total. The molecule has 2 N–H and O–H groups in total. The minimum atomic E-state index is -0.198. The van der Waals surface area contributed by atoms with Gasteiger partial charge in [0.05, 0.1) is 17.3 Å². The van der Waals surface area contributed by atoms with E-state index in [2.05, 4.69) is 25.6 Å². The number of halogens is 1. The Balaban J connectivity index is 1.85. The number of aromatic nitrogens is 5. The maximum Gasteiger partial charge on any atom is 0.291 e. The number of H-pyrrole nitrogens is 1. The van der Waals surface area contributed by atoms with Gasteiger partial charge in [-0.25, -0.2) is 9.67 Å². The SMILES string of the molecule is CC(Nc1c(Cl)cnn(CC2CC2)c1=O)c1ncn[nH]1. The maximum absolute atomic E-state index is 12.4. The molecule has 0 aliphatic heterocycles. The zero-order valence-corrected chi connectivity index (χ0v) is 11.8. The van der Waals surface area contributed by atoms with Crippen molar-refractivity contribution in [2.45, 2.75) is 32.4 Å². The van der Waals surface area contributed by atoms with Gasteiger partial charge in [0.15, 0.2) is 0 Å². The molecule has 0 radical (unpaired) electrons. The third-order valence-electron chi connectivity index (χ3n) is 3.33. The fourth-order valence-electron chi connectivity index (χ4n) is 1.98. The van der Waals surface area contributed by atoms with Crippen molar-refractivity contribution < 1.29 is 0 Å². The number of hydrogen-bond acceptors (Lipinski definition) is 5. The minimum Gasteiger partial charge on any atom is -0.370 e. The highest BCUT2D eigenvalue weighted by Gasteiger charge is 2.24. The van der Waals surface area contributed by atoms with Crippen molar-refractivity contribution in [1.29, 1.82) is 0 Å². The molecule has 1 saturated carbocycles. The molecule has 0 saturated heterocycles. The molecule has 106 valence electrons. The van der Waals surface area contributed by atoms with Crippen LogP contribution in [0.5, 0.6) is 0 Å². The molecule has 0 aromatic carbocycles. The third kappa shape index (κ3) is 2.67. The molecule has 2 aromatic rings. The van der Waals surface area contributed by atoms with Crippen LogP contribution in [0.3, 0.4) is 0 Å². The zero-order valence-electron chi connectivity index (χ0n) is 11.0. The normalized spacial score (nSPS) is 16.1. The Bertz CT molecular complexity index is 648. The Morgan fingerprint density at radius 1 is 1.60 bits per heavy atom. The first-order chi connectivity index (χ1) is 9.65. The first kappa shape index (κ1) is 13.1. The largest absolute Gasteiger partial charge is 0.370 e. The number of anilines is 1. The van der Waals surface area contributed by atoms with Gasteiger partial charge < -0.3 is 5.32 Å². The van der Waals surface area contributed by atoms with Crippen molar-refractivity contribution >= 4 is 17.3 Å². The third-order valence-corrected chi connectivity index (χ3v) is 3.62. The quantitative estimate of drug-likeness (QED) is 0.874. The fourth-order valence-corrected chi connectivity index (χ4v) is 2.16. The molecule has 0 amide bonds. The summed E-state index contributed by atoms with van der Waals surface area (Å²) in [4.78, 5) is 16.4. The van der Waals surface area contributed by atoms with E-state index in [1.807, 2.05) is 6.92 Å². The second kappa shape index (κ2) is 5.24. The van der Waals surface area contributed by atoms with Crippen LogP contribution >= 0.6 is 11.6 Å². The van der Waals surface area contributed by atoms with Gasteiger partial charge in [-0.2, -0.15) is 10.2 Å². The van der Waals surface area contributed by atoms with E-state index in [9.17, 15) is 4.79 Å². The van der Waals surface area contributed by atoms with E-state index >= 15 is 0 Å². The highest BCUT2D eigenvalue weighted by atomic mass is 35.5. The number of hydrogen-bond donors (Lipinski definition) is 2. The maximum atomic E-state index is 12.4. The van der Waals surface area contributed by atoms with Crippen LogP contribution in [0.2, 0.25) is 5.02 Å². The number of rotatable bonds is 5. The van der Waals surface area contributed by atoms with Gasteiger partial charge in [0.1, 0.15) is 17.8 Å². The van der Waals surface area contributed by atoms with Crippen molar-refractivity contribution in [1.82, 2.24) is 25.0 Å². The molecule has 2 heterocycles. The van der Waals surface area contributed by atoms with Crippen LogP contribution in [0.15, 0.2) is 17.3 Å². The molecule has 1 unspecified atom stereocenters. The lowest BCUT2D eigenvalue weighted by Gasteiger charge is -2.14. The van der Waals surface area contributed by atoms with Gasteiger partial charge >= 0.3 is 0 Å². The minimum absolute atomic E-state index is 0.195. The molecule has 1 aliphatic rings. The monoisotopic (exact) mass is 294 g/mol. The molecular formula is C12H15ClN6O. The summed E-state index contributed by atoms with van der Waals surface area (Å²) in [5.41, 5.74) is 0.155. The highest BCUT2D eigenvalue weighted by Crippen LogP contribution is 2.30. The van der Waals surface area contributed by atoms with E-state index in [4.69, 9.17) is 11.6 Å². The molecule has 0 spiro atoms. The first-order valence-electron chi connectivity index (χ1n) is 6.52. The second-order valence-corrected chi connectivity index (χ2v) is 5.44. The highest BCUT2D eigenvalue weighted by molar-refractivity contribution is 6.33. The van der Waals surface area contributed by atoms with E-state index < -0.39 is 0 Å². The molecule has 1 atom stereocenters. The summed E-state index contributed by atoms with van der Waals surface area (Å²) in [5.74, 6) is 1.21. The van der Waals surface area contributed by atoms with Crippen molar-refractivity contribution in [2.75, 3.05) is 5.32 Å². The van der Waals surface area contributed by atoms with Crippen LogP contribution in [-0.4, -0.2) is 25.0 Å². The summed E-state index contributed by atoms with van der Waals surface area (Å²) in [6.07, 6.45) is 5.25. The summed E-state index contributed by atoms with van der Waals surface area (Å²) in [6.45, 7) is 2.53. The molecule has 8 heteroatoms. The van der Waals surface area contributed by atoms with Gasteiger partial charge in [0, 0.05) is 6.54 Å². The van der Waals surface area contributed by atoms with Crippen molar-refractivity contribution in [2.24, 2.45) is 5.92 Å². The summed E-state index contributed by atoms with van der Waals surface area (Å²) in [6, 6.07) is -0.195. The van der Waals surface area contributed by atoms with Crippen molar-refractivity contribution in [3.05, 3.63) is 33.7 Å². The van der Waals surface area contributed by atoms with E-state index in [-0.39, 0.29) is 11.6 Å². The van der Waals surface area contributed by atoms with E-state index in [0.29, 0.717) is 29.0 Å². The molecule has 1 fully saturated rings. The summed E-state index contributed by atoms with van der Waals surface area (Å²) >= 11 is 6.07. The molecule has 3 rings (SSSR count). The smallest absolute Gasteiger partial charge is 0.291 e. The van der Waals surface area contributed by atoms with Crippen LogP contribution in [0.25, 0.3) is 0 Å².